The van der Waals surface area contributed by atoms with Crippen molar-refractivity contribution in [3.63, 3.8) is 0 Å². The second-order valence-electron chi connectivity index (χ2n) is 4.90. The molecule has 0 radical (unpaired) electrons. The summed E-state index contributed by atoms with van der Waals surface area (Å²) in [5.74, 6) is -0.592. The molecule has 0 heterocycles. The number of rotatable bonds is 5. The molecule has 23 heavy (non-hydrogen) atoms. The number of anilines is 1. The number of sulfonamides is 1. The summed E-state index contributed by atoms with van der Waals surface area (Å²) in [5.41, 5.74) is 1.21. The van der Waals surface area contributed by atoms with Gasteiger partial charge in [0.05, 0.1) is 31.2 Å². The fourth-order valence-electron chi connectivity index (χ4n) is 2.11. The molecule has 2 aromatic carbocycles. The smallest absolute Gasteiger partial charge is 0.340 e. The highest BCUT2D eigenvalue weighted by Gasteiger charge is 2.23. The van der Waals surface area contributed by atoms with Crippen LogP contribution in [0.3, 0.4) is 0 Å². The number of nitrogens with zero attached hydrogens (tertiary/aromatic N) is 1. The molecule has 7 heteroatoms. The van der Waals surface area contributed by atoms with E-state index < -0.39 is 16.0 Å². The van der Waals surface area contributed by atoms with Gasteiger partial charge in [0.25, 0.3) is 0 Å². The number of hydrogen-bond acceptors (Lipinski definition) is 4. The van der Waals surface area contributed by atoms with E-state index in [0.717, 1.165) is 11.8 Å². The van der Waals surface area contributed by atoms with Gasteiger partial charge in [0.2, 0.25) is 10.0 Å². The molecule has 0 aliphatic carbocycles. The summed E-state index contributed by atoms with van der Waals surface area (Å²) < 4.78 is 30.3. The van der Waals surface area contributed by atoms with Crippen LogP contribution in [0, 0.1) is 0 Å². The molecule has 0 saturated heterocycles. The molecule has 0 bridgehead atoms. The Morgan fingerprint density at radius 1 is 1.13 bits per heavy atom. The van der Waals surface area contributed by atoms with Crippen molar-refractivity contribution in [1.29, 1.82) is 0 Å². The Bertz CT molecular complexity index is 803. The third kappa shape index (κ3) is 4.24. The van der Waals surface area contributed by atoms with Crippen molar-refractivity contribution < 1.29 is 17.9 Å². The van der Waals surface area contributed by atoms with Crippen LogP contribution in [0.25, 0.3) is 0 Å². The normalized spacial score (nSPS) is 11.1. The first kappa shape index (κ1) is 17.3. The Morgan fingerprint density at radius 3 is 2.30 bits per heavy atom. The van der Waals surface area contributed by atoms with E-state index in [9.17, 15) is 13.2 Å². The largest absolute Gasteiger partial charge is 0.465 e. The fraction of sp³-hybridized carbons (Fsp3) is 0.188. The maximum atomic E-state index is 12.2. The fourth-order valence-corrected chi connectivity index (χ4v) is 3.14. The van der Waals surface area contributed by atoms with Crippen molar-refractivity contribution in [3.8, 4) is 0 Å². The second kappa shape index (κ2) is 7.02. The molecular formula is C16H16ClNO4S. The SMILES string of the molecule is COC(=O)c1ccccc1N(Cc1ccc(Cl)cc1)S(C)(=O)=O. The maximum Gasteiger partial charge on any atom is 0.340 e. The van der Waals surface area contributed by atoms with Crippen molar-refractivity contribution in [2.45, 2.75) is 6.54 Å². The predicted octanol–water partition coefficient (Wildman–Crippen LogP) is 3.09. The highest BCUT2D eigenvalue weighted by atomic mass is 35.5. The topological polar surface area (TPSA) is 63.7 Å². The van der Waals surface area contributed by atoms with Gasteiger partial charge in [-0.2, -0.15) is 0 Å². The third-order valence-electron chi connectivity index (χ3n) is 3.22. The van der Waals surface area contributed by atoms with Crippen LogP contribution in [0.4, 0.5) is 5.69 Å². The van der Waals surface area contributed by atoms with E-state index in [0.29, 0.717) is 5.02 Å². The summed E-state index contributed by atoms with van der Waals surface area (Å²) in [7, 11) is -2.34. The van der Waals surface area contributed by atoms with Crippen molar-refractivity contribution in [3.05, 3.63) is 64.7 Å². The molecule has 2 rings (SSSR count). The first-order valence-corrected chi connectivity index (χ1v) is 8.95. The molecule has 0 amide bonds. The molecule has 0 aliphatic heterocycles. The van der Waals surface area contributed by atoms with Crippen LogP contribution in [0.5, 0.6) is 0 Å². The summed E-state index contributed by atoms with van der Waals surface area (Å²) in [5, 5.41) is 0.564. The maximum absolute atomic E-state index is 12.2. The minimum Gasteiger partial charge on any atom is -0.465 e. The van der Waals surface area contributed by atoms with Gasteiger partial charge in [0.1, 0.15) is 0 Å². The molecule has 0 spiro atoms. The molecule has 0 saturated carbocycles. The van der Waals surface area contributed by atoms with Gasteiger partial charge in [-0.15, -0.1) is 0 Å². The Hall–Kier alpha value is -2.05. The van der Waals surface area contributed by atoms with Gasteiger partial charge in [-0.05, 0) is 29.8 Å². The molecule has 0 aromatic heterocycles. The quantitative estimate of drug-likeness (QED) is 0.775. The predicted molar refractivity (Wildman–Crippen MR) is 90.3 cm³/mol. The van der Waals surface area contributed by atoms with Crippen molar-refractivity contribution in [1.82, 2.24) is 0 Å². The summed E-state index contributed by atoms with van der Waals surface area (Å²) in [4.78, 5) is 11.9. The average Bonchev–Trinajstić information content (AvgIpc) is 2.52. The van der Waals surface area contributed by atoms with Crippen molar-refractivity contribution in [2.24, 2.45) is 0 Å². The standard InChI is InChI=1S/C16H16ClNO4S/c1-22-16(19)14-5-3-4-6-15(14)18(23(2,20)21)11-12-7-9-13(17)10-8-12/h3-10H,11H2,1-2H3. The van der Waals surface area contributed by atoms with Crippen LogP contribution >= 0.6 is 11.6 Å². The zero-order valence-corrected chi connectivity index (χ0v) is 14.3. The van der Waals surface area contributed by atoms with E-state index >= 15 is 0 Å². The number of benzene rings is 2. The van der Waals surface area contributed by atoms with Crippen LogP contribution in [0.15, 0.2) is 48.5 Å². The van der Waals surface area contributed by atoms with Gasteiger partial charge in [-0.25, -0.2) is 13.2 Å². The minimum absolute atomic E-state index is 0.0873. The summed E-state index contributed by atoms with van der Waals surface area (Å²) in [6.45, 7) is 0.0873. The molecule has 2 aromatic rings. The number of carbonyl (C=O) groups excluding carboxylic acids is 1. The van der Waals surface area contributed by atoms with Gasteiger partial charge < -0.3 is 4.74 Å². The van der Waals surface area contributed by atoms with Gasteiger partial charge >= 0.3 is 5.97 Å². The monoisotopic (exact) mass is 353 g/mol. The number of hydrogen-bond donors (Lipinski definition) is 0. The lowest BCUT2D eigenvalue weighted by Crippen LogP contribution is -2.30. The van der Waals surface area contributed by atoms with E-state index in [4.69, 9.17) is 16.3 Å². The average molecular weight is 354 g/mol. The first-order chi connectivity index (χ1) is 10.8. The number of halogens is 1. The summed E-state index contributed by atoms with van der Waals surface area (Å²) >= 11 is 5.85. The van der Waals surface area contributed by atoms with E-state index in [1.807, 2.05) is 0 Å². The molecule has 0 aliphatic rings. The minimum atomic E-state index is -3.60. The Balaban J connectivity index is 2.49. The van der Waals surface area contributed by atoms with Crippen molar-refractivity contribution >= 4 is 33.3 Å². The van der Waals surface area contributed by atoms with E-state index in [1.54, 1.807) is 42.5 Å². The summed E-state index contributed by atoms with van der Waals surface area (Å²) in [6, 6.07) is 13.3. The number of para-hydroxylation sites is 1. The highest BCUT2D eigenvalue weighted by molar-refractivity contribution is 7.92. The highest BCUT2D eigenvalue weighted by Crippen LogP contribution is 2.26. The number of methoxy groups -OCH3 is 1. The Morgan fingerprint density at radius 2 is 1.74 bits per heavy atom. The third-order valence-corrected chi connectivity index (χ3v) is 4.60. The van der Waals surface area contributed by atoms with Crippen LogP contribution in [-0.2, 0) is 21.3 Å². The molecule has 0 fully saturated rings. The van der Waals surface area contributed by atoms with Crippen LogP contribution in [0.1, 0.15) is 15.9 Å². The van der Waals surface area contributed by atoms with Gasteiger partial charge in [0, 0.05) is 5.02 Å². The Labute approximate surface area is 140 Å². The van der Waals surface area contributed by atoms with E-state index in [1.165, 1.54) is 17.5 Å². The molecule has 0 unspecified atom stereocenters. The number of esters is 1. The van der Waals surface area contributed by atoms with E-state index in [-0.39, 0.29) is 17.8 Å². The van der Waals surface area contributed by atoms with Crippen LogP contribution in [-0.4, -0.2) is 27.8 Å². The van der Waals surface area contributed by atoms with Gasteiger partial charge in [-0.1, -0.05) is 35.9 Å². The Kier molecular flexibility index (Phi) is 5.28. The lowest BCUT2D eigenvalue weighted by atomic mass is 10.1. The lowest BCUT2D eigenvalue weighted by Gasteiger charge is -2.24. The molecule has 122 valence electrons. The van der Waals surface area contributed by atoms with Gasteiger partial charge in [0.15, 0.2) is 0 Å². The van der Waals surface area contributed by atoms with Crippen molar-refractivity contribution in [2.75, 3.05) is 17.7 Å². The summed E-state index contributed by atoms with van der Waals surface area (Å²) in [6.07, 6.45) is 1.09. The zero-order chi connectivity index (χ0) is 17.0. The van der Waals surface area contributed by atoms with E-state index in [2.05, 4.69) is 0 Å². The van der Waals surface area contributed by atoms with Crippen LogP contribution in [0.2, 0.25) is 5.02 Å². The number of ether oxygens (including phenoxy) is 1. The second-order valence-corrected chi connectivity index (χ2v) is 7.25. The lowest BCUT2D eigenvalue weighted by molar-refractivity contribution is 0.0601. The molecular weight excluding hydrogens is 338 g/mol. The van der Waals surface area contributed by atoms with Crippen LogP contribution < -0.4 is 4.31 Å². The zero-order valence-electron chi connectivity index (χ0n) is 12.7. The number of carbonyl (C=O) groups is 1. The van der Waals surface area contributed by atoms with Gasteiger partial charge in [-0.3, -0.25) is 4.31 Å². The molecule has 5 nitrogen and oxygen atoms in total. The molecule has 0 atom stereocenters. The first-order valence-electron chi connectivity index (χ1n) is 6.72. The molecule has 0 N–H and O–H groups in total.